The number of Topliss-reactive ketones (excluding diaryl/α,β-unsaturated/α-hetero) is 1. The number of halogens is 2. The Morgan fingerprint density at radius 1 is 1.38 bits per heavy atom. The molecule has 16 heavy (non-hydrogen) atoms. The van der Waals surface area contributed by atoms with E-state index in [0.29, 0.717) is 15.0 Å². The third-order valence-corrected chi connectivity index (χ3v) is 4.40. The van der Waals surface area contributed by atoms with Crippen molar-refractivity contribution in [1.82, 2.24) is 0 Å². The Morgan fingerprint density at radius 3 is 2.69 bits per heavy atom. The van der Waals surface area contributed by atoms with Crippen LogP contribution in [-0.4, -0.2) is 5.78 Å². The van der Waals surface area contributed by atoms with Gasteiger partial charge in [0.1, 0.15) is 0 Å². The molecule has 0 amide bonds. The molecule has 0 unspecified atom stereocenters. The summed E-state index contributed by atoms with van der Waals surface area (Å²) >= 11 is 13.4. The Bertz CT molecular complexity index is 511. The van der Waals surface area contributed by atoms with Crippen molar-refractivity contribution in [1.29, 1.82) is 0 Å². The lowest BCUT2D eigenvalue weighted by Gasteiger charge is -2.22. The molecule has 84 valence electrons. The van der Waals surface area contributed by atoms with E-state index in [1.54, 1.807) is 13.0 Å². The molecule has 2 nitrogen and oxygen atoms in total. The Kier molecular flexibility index (Phi) is 3.19. The largest absolute Gasteiger partial charge is 0.356 e. The van der Waals surface area contributed by atoms with Crippen molar-refractivity contribution in [3.8, 4) is 0 Å². The van der Waals surface area contributed by atoms with Crippen LogP contribution in [0.3, 0.4) is 0 Å². The highest BCUT2D eigenvalue weighted by Gasteiger charge is 2.21. The number of hydrogen-bond acceptors (Lipinski definition) is 3. The maximum atomic E-state index is 11.4. The Hall–Kier alpha value is -0.640. The van der Waals surface area contributed by atoms with Gasteiger partial charge in [-0.05, 0) is 26.0 Å². The van der Waals surface area contributed by atoms with E-state index in [4.69, 9.17) is 23.2 Å². The van der Waals surface area contributed by atoms with Crippen molar-refractivity contribution in [3.63, 3.8) is 0 Å². The summed E-state index contributed by atoms with van der Waals surface area (Å²) in [5, 5.41) is 4.12. The van der Waals surface area contributed by atoms with E-state index >= 15 is 0 Å². The lowest BCUT2D eigenvalue weighted by atomic mass is 10.2. The molecule has 0 atom stereocenters. The van der Waals surface area contributed by atoms with Crippen LogP contribution >= 0.6 is 35.0 Å². The first-order chi connectivity index (χ1) is 7.50. The third kappa shape index (κ3) is 1.95. The minimum absolute atomic E-state index is 0.0479. The summed E-state index contributed by atoms with van der Waals surface area (Å²) < 4.78 is 0. The second kappa shape index (κ2) is 4.32. The highest BCUT2D eigenvalue weighted by atomic mass is 35.5. The van der Waals surface area contributed by atoms with Gasteiger partial charge in [-0.2, -0.15) is 0 Å². The fourth-order valence-electron chi connectivity index (χ4n) is 1.50. The summed E-state index contributed by atoms with van der Waals surface area (Å²) in [5.74, 6) is 0.0479. The zero-order valence-electron chi connectivity index (χ0n) is 8.73. The van der Waals surface area contributed by atoms with Crippen molar-refractivity contribution in [2.24, 2.45) is 0 Å². The van der Waals surface area contributed by atoms with E-state index in [-0.39, 0.29) is 5.78 Å². The van der Waals surface area contributed by atoms with E-state index in [0.717, 1.165) is 16.3 Å². The molecule has 1 aliphatic rings. The quantitative estimate of drug-likeness (QED) is 0.826. The second-order valence-electron chi connectivity index (χ2n) is 3.47. The average molecular weight is 274 g/mol. The molecule has 0 bridgehead atoms. The number of benzene rings is 1. The van der Waals surface area contributed by atoms with E-state index in [1.165, 1.54) is 11.8 Å². The Balaban J connectivity index is 2.51. The Morgan fingerprint density at radius 2 is 2.06 bits per heavy atom. The van der Waals surface area contributed by atoms with Gasteiger partial charge in [-0.15, -0.1) is 0 Å². The van der Waals surface area contributed by atoms with Crippen LogP contribution < -0.4 is 5.32 Å². The molecule has 1 aliphatic heterocycles. The predicted octanol–water partition coefficient (Wildman–Crippen LogP) is 4.33. The smallest absolute Gasteiger partial charge is 0.168 e. The number of carbonyl (C=O) groups is 1. The molecular formula is C11H9Cl2NOS. The molecule has 0 saturated heterocycles. The fraction of sp³-hybridized carbons (Fsp3) is 0.182. The summed E-state index contributed by atoms with van der Waals surface area (Å²) in [7, 11) is 0. The molecule has 2 rings (SSSR count). The molecule has 1 aromatic carbocycles. The third-order valence-electron chi connectivity index (χ3n) is 2.24. The number of allylic oxidation sites excluding steroid dienone is 2. The minimum atomic E-state index is 0.0479. The summed E-state index contributed by atoms with van der Waals surface area (Å²) in [4.78, 5) is 13.0. The number of ketones is 1. The van der Waals surface area contributed by atoms with Gasteiger partial charge in [-0.3, -0.25) is 4.79 Å². The number of anilines is 1. The summed E-state index contributed by atoms with van der Waals surface area (Å²) in [5.41, 5.74) is 1.59. The molecule has 5 heteroatoms. The number of hydrogen-bond donors (Lipinski definition) is 1. The van der Waals surface area contributed by atoms with Gasteiger partial charge in [0.05, 0.1) is 20.6 Å². The van der Waals surface area contributed by atoms with E-state index < -0.39 is 0 Å². The Labute approximate surface area is 108 Å². The lowest BCUT2D eigenvalue weighted by molar-refractivity contribution is -0.113. The number of nitrogens with one attached hydrogen (secondary N) is 1. The van der Waals surface area contributed by atoms with E-state index in [9.17, 15) is 4.79 Å². The van der Waals surface area contributed by atoms with Crippen LogP contribution in [0.5, 0.6) is 0 Å². The van der Waals surface area contributed by atoms with Gasteiger partial charge >= 0.3 is 0 Å². The van der Waals surface area contributed by atoms with Crippen LogP contribution in [0.25, 0.3) is 0 Å². The van der Waals surface area contributed by atoms with Gasteiger partial charge in [-0.1, -0.05) is 35.0 Å². The average Bonchev–Trinajstić information content (AvgIpc) is 2.23. The zero-order valence-corrected chi connectivity index (χ0v) is 11.1. The zero-order chi connectivity index (χ0) is 11.9. The van der Waals surface area contributed by atoms with Crippen LogP contribution in [0.4, 0.5) is 5.69 Å². The van der Waals surface area contributed by atoms with Crippen molar-refractivity contribution >= 4 is 46.4 Å². The van der Waals surface area contributed by atoms with Crippen molar-refractivity contribution in [2.45, 2.75) is 18.7 Å². The lowest BCUT2D eigenvalue weighted by Crippen LogP contribution is -2.10. The number of thioether (sulfide) groups is 1. The molecule has 0 fully saturated rings. The monoisotopic (exact) mass is 273 g/mol. The van der Waals surface area contributed by atoms with Gasteiger partial charge in [0, 0.05) is 10.6 Å². The summed E-state index contributed by atoms with van der Waals surface area (Å²) in [6.07, 6.45) is 0. The van der Waals surface area contributed by atoms with Crippen LogP contribution in [0.1, 0.15) is 13.8 Å². The summed E-state index contributed by atoms with van der Waals surface area (Å²) in [6.45, 7) is 3.40. The first kappa shape index (κ1) is 11.8. The molecule has 0 aliphatic carbocycles. The van der Waals surface area contributed by atoms with Crippen LogP contribution in [-0.2, 0) is 4.79 Å². The molecule has 0 spiro atoms. The van der Waals surface area contributed by atoms with Gasteiger partial charge < -0.3 is 5.32 Å². The molecule has 1 N–H and O–H groups in total. The fourth-order valence-corrected chi connectivity index (χ4v) is 2.89. The molecule has 1 heterocycles. The molecule has 0 radical (unpaired) electrons. The second-order valence-corrected chi connectivity index (χ2v) is 5.31. The van der Waals surface area contributed by atoms with E-state index in [1.807, 2.05) is 13.0 Å². The number of rotatable bonds is 1. The number of fused-ring (bicyclic) bond motifs is 1. The van der Waals surface area contributed by atoms with Gasteiger partial charge in [-0.25, -0.2) is 0 Å². The molecule has 0 saturated carbocycles. The van der Waals surface area contributed by atoms with Crippen LogP contribution in [0, 0.1) is 0 Å². The maximum Gasteiger partial charge on any atom is 0.168 e. The highest BCUT2D eigenvalue weighted by molar-refractivity contribution is 8.04. The first-order valence-corrected chi connectivity index (χ1v) is 6.22. The summed E-state index contributed by atoms with van der Waals surface area (Å²) in [6, 6.07) is 3.59. The topological polar surface area (TPSA) is 29.1 Å². The number of carbonyl (C=O) groups excluding carboxylic acids is 1. The van der Waals surface area contributed by atoms with E-state index in [2.05, 4.69) is 5.32 Å². The SMILES string of the molecule is CC(=O)C1=C(C)Nc2c(ccc(Cl)c2Cl)S1. The highest BCUT2D eigenvalue weighted by Crippen LogP contribution is 2.45. The van der Waals surface area contributed by atoms with Gasteiger partial charge in [0.25, 0.3) is 0 Å². The van der Waals surface area contributed by atoms with Crippen molar-refractivity contribution < 1.29 is 4.79 Å². The minimum Gasteiger partial charge on any atom is -0.356 e. The predicted molar refractivity (Wildman–Crippen MR) is 69.3 cm³/mol. The standard InChI is InChI=1S/C11H9Cl2NOS/c1-5-11(6(2)15)16-8-4-3-7(12)9(13)10(8)14-5/h3-4,14H,1-2H3. The van der Waals surface area contributed by atoms with Gasteiger partial charge in [0.2, 0.25) is 0 Å². The van der Waals surface area contributed by atoms with Crippen molar-refractivity contribution in [3.05, 3.63) is 32.8 Å². The normalized spacial score (nSPS) is 14.5. The van der Waals surface area contributed by atoms with Crippen LogP contribution in [0.15, 0.2) is 27.6 Å². The van der Waals surface area contributed by atoms with Crippen molar-refractivity contribution in [2.75, 3.05) is 5.32 Å². The molecular weight excluding hydrogens is 265 g/mol. The first-order valence-electron chi connectivity index (χ1n) is 4.65. The van der Waals surface area contributed by atoms with Gasteiger partial charge in [0.15, 0.2) is 5.78 Å². The van der Waals surface area contributed by atoms with Crippen LogP contribution in [0.2, 0.25) is 10.0 Å². The maximum absolute atomic E-state index is 11.4. The molecule has 1 aromatic rings. The molecule has 0 aromatic heterocycles.